The molecule has 3 rings (SSSR count). The topological polar surface area (TPSA) is 76.1 Å². The van der Waals surface area contributed by atoms with Gasteiger partial charge in [-0.25, -0.2) is 9.97 Å². The third-order valence-electron chi connectivity index (χ3n) is 3.85. The third kappa shape index (κ3) is 5.43. The highest BCUT2D eigenvalue weighted by Gasteiger charge is 2.09. The smallest absolute Gasteiger partial charge is 0.274 e. The number of ether oxygens (including phenoxy) is 1. The number of methoxy groups -OCH3 is 1. The van der Waals surface area contributed by atoms with E-state index in [1.165, 1.54) is 5.56 Å². The van der Waals surface area contributed by atoms with Crippen LogP contribution in [0.15, 0.2) is 60.8 Å². The molecule has 7 heteroatoms. The van der Waals surface area contributed by atoms with Crippen molar-refractivity contribution in [1.82, 2.24) is 9.97 Å². The maximum Gasteiger partial charge on any atom is 0.274 e. The Morgan fingerprint density at radius 2 is 1.81 bits per heavy atom. The third-order valence-corrected chi connectivity index (χ3v) is 4.10. The number of aromatic nitrogens is 2. The Hall–Kier alpha value is -3.12. The van der Waals surface area contributed by atoms with Crippen LogP contribution < -0.4 is 15.4 Å². The van der Waals surface area contributed by atoms with Gasteiger partial charge in [-0.3, -0.25) is 4.79 Å². The van der Waals surface area contributed by atoms with Gasteiger partial charge in [0.15, 0.2) is 0 Å². The van der Waals surface area contributed by atoms with Gasteiger partial charge in [-0.2, -0.15) is 0 Å². The van der Waals surface area contributed by atoms with Gasteiger partial charge in [-0.05, 0) is 54.4 Å². The van der Waals surface area contributed by atoms with Crippen LogP contribution in [0, 0.1) is 0 Å². The first-order valence-electron chi connectivity index (χ1n) is 8.41. The molecule has 0 spiro atoms. The van der Waals surface area contributed by atoms with Gasteiger partial charge in [0.1, 0.15) is 11.4 Å². The summed E-state index contributed by atoms with van der Waals surface area (Å²) in [5.74, 6) is 0.930. The summed E-state index contributed by atoms with van der Waals surface area (Å²) in [5.41, 5.74) is 2.10. The van der Waals surface area contributed by atoms with Gasteiger partial charge < -0.3 is 15.4 Å². The minimum atomic E-state index is -0.307. The van der Waals surface area contributed by atoms with Crippen LogP contribution in [-0.4, -0.2) is 29.5 Å². The molecule has 1 heterocycles. The summed E-state index contributed by atoms with van der Waals surface area (Å²) >= 11 is 5.85. The zero-order chi connectivity index (χ0) is 19.1. The van der Waals surface area contributed by atoms with Crippen LogP contribution in [0.25, 0.3) is 0 Å². The van der Waals surface area contributed by atoms with Gasteiger partial charge in [0.2, 0.25) is 5.95 Å². The molecule has 1 amide bonds. The molecule has 0 radical (unpaired) electrons. The van der Waals surface area contributed by atoms with E-state index in [4.69, 9.17) is 16.3 Å². The molecule has 3 aromatic rings. The average Bonchev–Trinajstić information content (AvgIpc) is 2.70. The lowest BCUT2D eigenvalue weighted by molar-refractivity contribution is 0.102. The molecule has 0 aliphatic rings. The lowest BCUT2D eigenvalue weighted by Crippen LogP contribution is -2.16. The van der Waals surface area contributed by atoms with E-state index in [0.717, 1.165) is 12.2 Å². The molecule has 0 fully saturated rings. The first kappa shape index (κ1) is 18.7. The lowest BCUT2D eigenvalue weighted by Gasteiger charge is -2.08. The second kappa shape index (κ2) is 9.00. The fraction of sp³-hybridized carbons (Fsp3) is 0.150. The van der Waals surface area contributed by atoms with Crippen molar-refractivity contribution >= 4 is 29.1 Å². The van der Waals surface area contributed by atoms with Crippen LogP contribution in [0.5, 0.6) is 5.75 Å². The number of anilines is 2. The standard InChI is InChI=1S/C20H19ClN4O2/c1-27-17-8-2-14(3-9-17)10-12-22-20-23-13-11-18(25-20)19(26)24-16-6-4-15(21)5-7-16/h2-9,11,13H,10,12H2,1H3,(H,24,26)(H,22,23,25). The highest BCUT2D eigenvalue weighted by atomic mass is 35.5. The SMILES string of the molecule is COc1ccc(CCNc2nccc(C(=O)Nc3ccc(Cl)cc3)n2)cc1. The second-order valence-corrected chi connectivity index (χ2v) is 6.19. The molecular formula is C20H19ClN4O2. The Morgan fingerprint density at radius 3 is 2.52 bits per heavy atom. The predicted molar refractivity (Wildman–Crippen MR) is 107 cm³/mol. The maximum atomic E-state index is 12.3. The molecule has 1 aromatic heterocycles. The summed E-state index contributed by atoms with van der Waals surface area (Å²) in [6.07, 6.45) is 2.36. The number of nitrogens with zero attached hydrogens (tertiary/aromatic N) is 2. The fourth-order valence-electron chi connectivity index (χ4n) is 2.41. The van der Waals surface area contributed by atoms with Crippen molar-refractivity contribution < 1.29 is 9.53 Å². The summed E-state index contributed by atoms with van der Waals surface area (Å²) in [6, 6.07) is 16.3. The second-order valence-electron chi connectivity index (χ2n) is 5.75. The van der Waals surface area contributed by atoms with Crippen LogP contribution in [0.2, 0.25) is 5.02 Å². The van der Waals surface area contributed by atoms with E-state index >= 15 is 0 Å². The van der Waals surface area contributed by atoms with Crippen molar-refractivity contribution in [2.75, 3.05) is 24.3 Å². The molecule has 2 N–H and O–H groups in total. The van der Waals surface area contributed by atoms with Gasteiger partial charge in [0.05, 0.1) is 7.11 Å². The van der Waals surface area contributed by atoms with Crippen LogP contribution in [0.4, 0.5) is 11.6 Å². The number of amides is 1. The lowest BCUT2D eigenvalue weighted by atomic mass is 10.1. The normalized spacial score (nSPS) is 10.3. The van der Waals surface area contributed by atoms with E-state index in [1.54, 1.807) is 43.6 Å². The van der Waals surface area contributed by atoms with E-state index in [9.17, 15) is 4.79 Å². The number of nitrogens with one attached hydrogen (secondary N) is 2. The number of carbonyl (C=O) groups excluding carboxylic acids is 1. The van der Waals surface area contributed by atoms with Gasteiger partial charge in [-0.15, -0.1) is 0 Å². The van der Waals surface area contributed by atoms with Crippen LogP contribution in [0.3, 0.4) is 0 Å². The quantitative estimate of drug-likeness (QED) is 0.644. The molecule has 0 bridgehead atoms. The molecule has 0 aliphatic carbocycles. The number of benzene rings is 2. The van der Waals surface area contributed by atoms with E-state index in [1.807, 2.05) is 24.3 Å². The largest absolute Gasteiger partial charge is 0.497 e. The van der Waals surface area contributed by atoms with Crippen molar-refractivity contribution in [1.29, 1.82) is 0 Å². The summed E-state index contributed by atoms with van der Waals surface area (Å²) in [7, 11) is 1.64. The Labute approximate surface area is 162 Å². The van der Waals surface area contributed by atoms with Gasteiger partial charge in [0.25, 0.3) is 5.91 Å². The van der Waals surface area contributed by atoms with Crippen molar-refractivity contribution in [3.05, 3.63) is 77.1 Å². The van der Waals surface area contributed by atoms with Crippen LogP contribution in [-0.2, 0) is 6.42 Å². The van der Waals surface area contributed by atoms with Gasteiger partial charge in [0, 0.05) is 23.5 Å². The fourth-order valence-corrected chi connectivity index (χ4v) is 2.54. The number of halogens is 1. The molecule has 0 saturated heterocycles. The summed E-state index contributed by atoms with van der Waals surface area (Å²) < 4.78 is 5.15. The molecule has 138 valence electrons. The van der Waals surface area contributed by atoms with Gasteiger partial charge >= 0.3 is 0 Å². The molecule has 27 heavy (non-hydrogen) atoms. The molecule has 6 nitrogen and oxygen atoms in total. The minimum absolute atomic E-state index is 0.284. The summed E-state index contributed by atoms with van der Waals surface area (Å²) in [5, 5.41) is 6.52. The molecule has 0 unspecified atom stereocenters. The van der Waals surface area contributed by atoms with Crippen LogP contribution >= 0.6 is 11.6 Å². The first-order chi connectivity index (χ1) is 13.1. The Kier molecular flexibility index (Phi) is 6.22. The Balaban J connectivity index is 1.56. The average molecular weight is 383 g/mol. The van der Waals surface area contributed by atoms with Gasteiger partial charge in [-0.1, -0.05) is 23.7 Å². The van der Waals surface area contributed by atoms with E-state index in [0.29, 0.717) is 23.2 Å². The van der Waals surface area contributed by atoms with Crippen molar-refractivity contribution in [3.63, 3.8) is 0 Å². The van der Waals surface area contributed by atoms with Crippen LogP contribution in [0.1, 0.15) is 16.1 Å². The summed E-state index contributed by atoms with van der Waals surface area (Å²) in [6.45, 7) is 0.647. The number of rotatable bonds is 7. The number of hydrogen-bond acceptors (Lipinski definition) is 5. The monoisotopic (exact) mass is 382 g/mol. The first-order valence-corrected chi connectivity index (χ1v) is 8.78. The zero-order valence-electron chi connectivity index (χ0n) is 14.8. The molecular weight excluding hydrogens is 364 g/mol. The minimum Gasteiger partial charge on any atom is -0.497 e. The van der Waals surface area contributed by atoms with Crippen molar-refractivity contribution in [2.45, 2.75) is 6.42 Å². The molecule has 0 aliphatic heterocycles. The Bertz CT molecular complexity index is 899. The molecule has 2 aromatic carbocycles. The van der Waals surface area contributed by atoms with E-state index in [-0.39, 0.29) is 11.6 Å². The molecule has 0 saturated carbocycles. The van der Waals surface area contributed by atoms with Crippen molar-refractivity contribution in [3.8, 4) is 5.75 Å². The number of hydrogen-bond donors (Lipinski definition) is 2. The Morgan fingerprint density at radius 1 is 1.07 bits per heavy atom. The maximum absolute atomic E-state index is 12.3. The molecule has 0 atom stereocenters. The zero-order valence-corrected chi connectivity index (χ0v) is 15.5. The van der Waals surface area contributed by atoms with E-state index in [2.05, 4.69) is 20.6 Å². The highest BCUT2D eigenvalue weighted by molar-refractivity contribution is 6.30. The summed E-state index contributed by atoms with van der Waals surface area (Å²) in [4.78, 5) is 20.8. The van der Waals surface area contributed by atoms with Crippen molar-refractivity contribution in [2.24, 2.45) is 0 Å². The number of carbonyl (C=O) groups is 1. The highest BCUT2D eigenvalue weighted by Crippen LogP contribution is 2.15. The predicted octanol–water partition coefficient (Wildman–Crippen LogP) is 4.05. The van der Waals surface area contributed by atoms with E-state index < -0.39 is 0 Å².